The van der Waals surface area contributed by atoms with Gasteiger partial charge in [-0.2, -0.15) is 0 Å². The van der Waals surface area contributed by atoms with E-state index in [9.17, 15) is 9.59 Å². The smallest absolute Gasteiger partial charge is 0.224 e. The van der Waals surface area contributed by atoms with E-state index in [1.807, 2.05) is 36.4 Å². The van der Waals surface area contributed by atoms with E-state index in [2.05, 4.69) is 21.2 Å². The van der Waals surface area contributed by atoms with Gasteiger partial charge in [0.1, 0.15) is 5.78 Å². The minimum Gasteiger partial charge on any atom is -0.326 e. The largest absolute Gasteiger partial charge is 0.326 e. The van der Waals surface area contributed by atoms with Crippen LogP contribution in [0.4, 0.5) is 5.69 Å². The standard InChI is InChI=1S/C15H14BrNO2/c1-10(18)6-9-15(19)17-14-8-7-13(16)11-4-2-3-5-12(11)14/h2-5,7-8H,6,9H2,1H3,(H,17,19). The third-order valence-corrected chi connectivity index (χ3v) is 3.54. The van der Waals surface area contributed by atoms with Crippen molar-refractivity contribution in [3.05, 3.63) is 40.9 Å². The first kappa shape index (κ1) is 13.7. The molecule has 0 spiro atoms. The van der Waals surface area contributed by atoms with E-state index >= 15 is 0 Å². The van der Waals surface area contributed by atoms with Crippen molar-refractivity contribution in [2.45, 2.75) is 19.8 Å². The van der Waals surface area contributed by atoms with Crippen molar-refractivity contribution in [2.24, 2.45) is 0 Å². The van der Waals surface area contributed by atoms with Crippen LogP contribution >= 0.6 is 15.9 Å². The van der Waals surface area contributed by atoms with Gasteiger partial charge >= 0.3 is 0 Å². The Morgan fingerprint density at radius 2 is 1.74 bits per heavy atom. The van der Waals surface area contributed by atoms with Gasteiger partial charge in [0.15, 0.2) is 0 Å². The average Bonchev–Trinajstić information content (AvgIpc) is 2.40. The van der Waals surface area contributed by atoms with Crippen LogP contribution in [0.15, 0.2) is 40.9 Å². The predicted octanol–water partition coefficient (Wildman–Crippen LogP) is 3.91. The highest BCUT2D eigenvalue weighted by atomic mass is 79.9. The van der Waals surface area contributed by atoms with Gasteiger partial charge in [0.25, 0.3) is 0 Å². The van der Waals surface area contributed by atoms with E-state index in [0.717, 1.165) is 20.9 Å². The Morgan fingerprint density at radius 1 is 1.05 bits per heavy atom. The molecule has 0 aromatic heterocycles. The molecule has 3 nitrogen and oxygen atoms in total. The highest BCUT2D eigenvalue weighted by molar-refractivity contribution is 9.10. The molecule has 0 saturated heterocycles. The van der Waals surface area contributed by atoms with Gasteiger partial charge in [-0.25, -0.2) is 0 Å². The van der Waals surface area contributed by atoms with E-state index < -0.39 is 0 Å². The van der Waals surface area contributed by atoms with Gasteiger partial charge in [0.05, 0.1) is 0 Å². The zero-order valence-corrected chi connectivity index (χ0v) is 12.2. The lowest BCUT2D eigenvalue weighted by Crippen LogP contribution is -2.12. The van der Waals surface area contributed by atoms with E-state index in [1.165, 1.54) is 6.92 Å². The molecule has 2 aromatic carbocycles. The second-order valence-corrected chi connectivity index (χ2v) is 5.25. The summed E-state index contributed by atoms with van der Waals surface area (Å²) in [5.41, 5.74) is 0.771. The lowest BCUT2D eigenvalue weighted by atomic mass is 10.1. The van der Waals surface area contributed by atoms with Crippen LogP contribution in [0, 0.1) is 0 Å². The highest BCUT2D eigenvalue weighted by Gasteiger charge is 2.08. The molecule has 0 bridgehead atoms. The number of amides is 1. The first-order valence-electron chi connectivity index (χ1n) is 6.04. The SMILES string of the molecule is CC(=O)CCC(=O)Nc1ccc(Br)c2ccccc12. The van der Waals surface area contributed by atoms with Crippen LogP contribution < -0.4 is 5.32 Å². The van der Waals surface area contributed by atoms with Crippen molar-refractivity contribution >= 4 is 44.1 Å². The fourth-order valence-corrected chi connectivity index (χ4v) is 2.35. The molecule has 1 amide bonds. The number of hydrogen-bond acceptors (Lipinski definition) is 2. The quantitative estimate of drug-likeness (QED) is 0.928. The molecule has 0 saturated carbocycles. The van der Waals surface area contributed by atoms with Crippen LogP contribution in [0.3, 0.4) is 0 Å². The van der Waals surface area contributed by atoms with Gasteiger partial charge in [-0.3, -0.25) is 4.79 Å². The summed E-state index contributed by atoms with van der Waals surface area (Å²) in [6, 6.07) is 11.6. The van der Waals surface area contributed by atoms with Gasteiger partial charge in [0, 0.05) is 28.4 Å². The van der Waals surface area contributed by atoms with Crippen LogP contribution in [-0.4, -0.2) is 11.7 Å². The fourth-order valence-electron chi connectivity index (χ4n) is 1.87. The minimum absolute atomic E-state index is 0.0239. The lowest BCUT2D eigenvalue weighted by molar-refractivity contribution is -0.121. The zero-order valence-electron chi connectivity index (χ0n) is 10.6. The van der Waals surface area contributed by atoms with Crippen molar-refractivity contribution in [3.63, 3.8) is 0 Å². The number of carbonyl (C=O) groups is 2. The molecule has 4 heteroatoms. The van der Waals surface area contributed by atoms with Crippen molar-refractivity contribution in [1.29, 1.82) is 0 Å². The summed E-state index contributed by atoms with van der Waals surface area (Å²) in [6.45, 7) is 1.49. The molecule has 0 radical (unpaired) electrons. The first-order chi connectivity index (χ1) is 9.08. The maximum atomic E-state index is 11.8. The molecule has 0 heterocycles. The van der Waals surface area contributed by atoms with E-state index in [4.69, 9.17) is 0 Å². The van der Waals surface area contributed by atoms with Crippen LogP contribution in [-0.2, 0) is 9.59 Å². The Morgan fingerprint density at radius 3 is 2.42 bits per heavy atom. The number of nitrogens with one attached hydrogen (secondary N) is 1. The van der Waals surface area contributed by atoms with Crippen molar-refractivity contribution in [3.8, 4) is 0 Å². The number of anilines is 1. The molecular weight excluding hydrogens is 306 g/mol. The predicted molar refractivity (Wildman–Crippen MR) is 80.2 cm³/mol. The number of fused-ring (bicyclic) bond motifs is 1. The summed E-state index contributed by atoms with van der Waals surface area (Å²) in [5, 5.41) is 4.88. The van der Waals surface area contributed by atoms with Crippen molar-refractivity contribution in [2.75, 3.05) is 5.32 Å². The van der Waals surface area contributed by atoms with Crippen molar-refractivity contribution < 1.29 is 9.59 Å². The molecule has 0 aliphatic rings. The molecule has 0 aliphatic heterocycles. The third-order valence-electron chi connectivity index (χ3n) is 2.85. The summed E-state index contributed by atoms with van der Waals surface area (Å²) in [6.07, 6.45) is 0.500. The van der Waals surface area contributed by atoms with Crippen LogP contribution in [0.1, 0.15) is 19.8 Å². The van der Waals surface area contributed by atoms with E-state index in [1.54, 1.807) is 0 Å². The Hall–Kier alpha value is -1.68. The summed E-state index contributed by atoms with van der Waals surface area (Å²) in [5.74, 6) is -0.113. The Balaban J connectivity index is 2.24. The number of halogens is 1. The molecule has 2 rings (SSSR count). The third kappa shape index (κ3) is 3.41. The van der Waals surface area contributed by atoms with E-state index in [-0.39, 0.29) is 24.5 Å². The van der Waals surface area contributed by atoms with Crippen LogP contribution in [0.5, 0.6) is 0 Å². The molecule has 0 atom stereocenters. The molecule has 2 aromatic rings. The summed E-state index contributed by atoms with van der Waals surface area (Å²) in [7, 11) is 0. The fraction of sp³-hybridized carbons (Fsp3) is 0.200. The van der Waals surface area contributed by atoms with Crippen molar-refractivity contribution in [1.82, 2.24) is 0 Å². The number of hydrogen-bond donors (Lipinski definition) is 1. The lowest BCUT2D eigenvalue weighted by Gasteiger charge is -2.09. The normalized spacial score (nSPS) is 10.4. The van der Waals surface area contributed by atoms with E-state index in [0.29, 0.717) is 0 Å². The molecule has 1 N–H and O–H groups in total. The monoisotopic (exact) mass is 319 g/mol. The molecule has 0 unspecified atom stereocenters. The molecule has 0 aliphatic carbocycles. The van der Waals surface area contributed by atoms with Gasteiger partial charge in [0.2, 0.25) is 5.91 Å². The highest BCUT2D eigenvalue weighted by Crippen LogP contribution is 2.29. The minimum atomic E-state index is -0.136. The van der Waals surface area contributed by atoms with Gasteiger partial charge in [-0.05, 0) is 24.4 Å². The summed E-state index contributed by atoms with van der Waals surface area (Å²) in [4.78, 5) is 22.6. The zero-order chi connectivity index (χ0) is 13.8. The number of rotatable bonds is 4. The molecule has 0 fully saturated rings. The maximum Gasteiger partial charge on any atom is 0.224 e. The van der Waals surface area contributed by atoms with Gasteiger partial charge < -0.3 is 10.1 Å². The van der Waals surface area contributed by atoms with Gasteiger partial charge in [-0.15, -0.1) is 0 Å². The topological polar surface area (TPSA) is 46.2 Å². The molecule has 19 heavy (non-hydrogen) atoms. The second kappa shape index (κ2) is 5.97. The van der Waals surface area contributed by atoms with Crippen LogP contribution in [0.2, 0.25) is 0 Å². The summed E-state index contributed by atoms with van der Waals surface area (Å²) >= 11 is 3.49. The second-order valence-electron chi connectivity index (χ2n) is 4.39. The van der Waals surface area contributed by atoms with Crippen LogP contribution in [0.25, 0.3) is 10.8 Å². The number of ketones is 1. The average molecular weight is 320 g/mol. The summed E-state index contributed by atoms with van der Waals surface area (Å²) < 4.78 is 0.991. The van der Waals surface area contributed by atoms with Gasteiger partial charge in [-0.1, -0.05) is 40.2 Å². The maximum absolute atomic E-state index is 11.8. The number of Topliss-reactive ketones (excluding diaryl/α,β-unsaturated/α-hetero) is 1. The Labute approximate surface area is 120 Å². The Kier molecular flexibility index (Phi) is 4.32. The number of carbonyl (C=O) groups excluding carboxylic acids is 2. The molecule has 98 valence electrons. The first-order valence-corrected chi connectivity index (χ1v) is 6.84. The Bertz CT molecular complexity index is 637. The number of benzene rings is 2. The molecular formula is C15H14BrNO2.